The van der Waals surface area contributed by atoms with Gasteiger partial charge in [0.05, 0.1) is 12.2 Å². The van der Waals surface area contributed by atoms with Gasteiger partial charge in [-0.3, -0.25) is 4.79 Å². The quantitative estimate of drug-likeness (QED) is 0.481. The minimum atomic E-state index is 0.0481. The van der Waals surface area contributed by atoms with Crippen LogP contribution in [0.15, 0.2) is 54.6 Å². The predicted octanol–water partition coefficient (Wildman–Crippen LogP) is 5.50. The van der Waals surface area contributed by atoms with Crippen LogP contribution in [0.3, 0.4) is 0 Å². The minimum Gasteiger partial charge on any atom is -0.475 e. The molecule has 1 saturated carbocycles. The molecular weight excluding hydrogens is 433 g/mol. The van der Waals surface area contributed by atoms with Gasteiger partial charge in [-0.25, -0.2) is 4.98 Å². The molecule has 7 heteroatoms. The molecule has 1 amide bonds. The molecule has 0 unspecified atom stereocenters. The number of nitrogens with one attached hydrogen (secondary N) is 1. The Morgan fingerprint density at radius 3 is 2.55 bits per heavy atom. The number of rotatable bonds is 7. The van der Waals surface area contributed by atoms with Crippen molar-refractivity contribution >= 4 is 29.1 Å². The van der Waals surface area contributed by atoms with Gasteiger partial charge in [-0.15, -0.1) is 0 Å². The highest BCUT2D eigenvalue weighted by atomic mass is 35.5. The fourth-order valence-electron chi connectivity index (χ4n) is 3.21. The van der Waals surface area contributed by atoms with Crippen LogP contribution in [0, 0.1) is 17.2 Å². The first-order valence-corrected chi connectivity index (χ1v) is 10.7. The fourth-order valence-corrected chi connectivity index (χ4v) is 3.56. The Balaban J connectivity index is 1.68. The normalized spacial score (nSPS) is 12.8. The second-order valence-corrected chi connectivity index (χ2v) is 8.09. The highest BCUT2D eigenvalue weighted by Crippen LogP contribution is 2.37. The van der Waals surface area contributed by atoms with E-state index in [4.69, 9.17) is 27.9 Å². The van der Waals surface area contributed by atoms with Crippen molar-refractivity contribution in [3.05, 3.63) is 70.2 Å². The van der Waals surface area contributed by atoms with Gasteiger partial charge in [-0.1, -0.05) is 53.5 Å². The summed E-state index contributed by atoms with van der Waals surface area (Å²) in [5, 5.41) is 13.7. The maximum absolute atomic E-state index is 11.8. The topological polar surface area (TPSA) is 75.0 Å². The highest BCUT2D eigenvalue weighted by Gasteiger charge is 2.29. The third-order valence-corrected chi connectivity index (χ3v) is 5.56. The number of ether oxygens (including phenoxy) is 1. The molecule has 1 aromatic heterocycles. The number of pyridine rings is 1. The van der Waals surface area contributed by atoms with Gasteiger partial charge < -0.3 is 10.1 Å². The monoisotopic (exact) mass is 451 g/mol. The van der Waals surface area contributed by atoms with Crippen LogP contribution in [-0.2, 0) is 4.79 Å². The lowest BCUT2D eigenvalue weighted by Gasteiger charge is -2.15. The third-order valence-electron chi connectivity index (χ3n) is 4.98. The number of nitriles is 1. The van der Waals surface area contributed by atoms with Gasteiger partial charge in [0.15, 0.2) is 0 Å². The molecule has 4 rings (SSSR count). The van der Waals surface area contributed by atoms with Gasteiger partial charge >= 0.3 is 0 Å². The number of hydrogen-bond acceptors (Lipinski definition) is 4. The molecule has 0 spiro atoms. The number of benzene rings is 2. The molecule has 1 aliphatic rings. The van der Waals surface area contributed by atoms with Crippen LogP contribution in [0.4, 0.5) is 0 Å². The van der Waals surface area contributed by atoms with Gasteiger partial charge in [-0.05, 0) is 42.7 Å². The van der Waals surface area contributed by atoms with Crippen LogP contribution in [0.5, 0.6) is 5.88 Å². The summed E-state index contributed by atoms with van der Waals surface area (Å²) in [4.78, 5) is 16.4. The van der Waals surface area contributed by atoms with Crippen LogP contribution in [0.2, 0.25) is 10.0 Å². The van der Waals surface area contributed by atoms with E-state index in [0.29, 0.717) is 27.8 Å². The Hall–Kier alpha value is -3.07. The van der Waals surface area contributed by atoms with Crippen molar-refractivity contribution in [2.75, 3.05) is 13.2 Å². The lowest BCUT2D eigenvalue weighted by Crippen LogP contribution is -2.29. The molecule has 2 aromatic carbocycles. The van der Waals surface area contributed by atoms with Gasteiger partial charge in [0.2, 0.25) is 11.8 Å². The third kappa shape index (κ3) is 4.99. The molecular formula is C24H19Cl2N3O2. The Morgan fingerprint density at radius 1 is 1.13 bits per heavy atom. The summed E-state index contributed by atoms with van der Waals surface area (Å²) in [5.74, 6) is 0.390. The molecule has 1 fully saturated rings. The highest BCUT2D eigenvalue weighted by molar-refractivity contribution is 6.33. The number of aromatic nitrogens is 1. The number of carbonyl (C=O) groups excluding carboxylic acids is 1. The molecule has 0 atom stereocenters. The smallest absolute Gasteiger partial charge is 0.232 e. The number of halogens is 2. The SMILES string of the molecule is N#Cc1cc(-c2ccc(Cl)cc2)c(-c2ccccc2Cl)nc1OCCNC(=O)C1CC1. The van der Waals surface area contributed by atoms with Crippen LogP contribution in [-0.4, -0.2) is 24.0 Å². The zero-order chi connectivity index (χ0) is 21.8. The maximum Gasteiger partial charge on any atom is 0.232 e. The Bertz CT molecular complexity index is 1150. The van der Waals surface area contributed by atoms with Gasteiger partial charge in [-0.2, -0.15) is 5.26 Å². The molecule has 1 N–H and O–H groups in total. The van der Waals surface area contributed by atoms with E-state index >= 15 is 0 Å². The molecule has 0 saturated heterocycles. The molecule has 31 heavy (non-hydrogen) atoms. The zero-order valence-electron chi connectivity index (χ0n) is 16.6. The molecule has 1 heterocycles. The van der Waals surface area contributed by atoms with Gasteiger partial charge in [0.25, 0.3) is 0 Å². The summed E-state index contributed by atoms with van der Waals surface area (Å²) >= 11 is 12.5. The van der Waals surface area contributed by atoms with E-state index in [0.717, 1.165) is 29.5 Å². The van der Waals surface area contributed by atoms with E-state index in [1.54, 1.807) is 24.3 Å². The Morgan fingerprint density at radius 2 is 1.87 bits per heavy atom. The molecule has 0 radical (unpaired) electrons. The van der Waals surface area contributed by atoms with E-state index in [2.05, 4.69) is 16.4 Å². The summed E-state index contributed by atoms with van der Waals surface area (Å²) in [6.07, 6.45) is 1.89. The molecule has 5 nitrogen and oxygen atoms in total. The largest absolute Gasteiger partial charge is 0.475 e. The average Bonchev–Trinajstić information content (AvgIpc) is 3.63. The number of nitrogens with zero attached hydrogens (tertiary/aromatic N) is 2. The van der Waals surface area contributed by atoms with Crippen molar-refractivity contribution < 1.29 is 9.53 Å². The first kappa shape index (κ1) is 21.2. The Kier molecular flexibility index (Phi) is 6.41. The molecule has 3 aromatic rings. The van der Waals surface area contributed by atoms with Crippen LogP contribution < -0.4 is 10.1 Å². The first-order valence-electron chi connectivity index (χ1n) is 9.93. The number of hydrogen-bond donors (Lipinski definition) is 1. The number of amides is 1. The van der Waals surface area contributed by atoms with E-state index in [1.807, 2.05) is 30.3 Å². The van der Waals surface area contributed by atoms with Crippen molar-refractivity contribution in [1.82, 2.24) is 10.3 Å². The lowest BCUT2D eigenvalue weighted by molar-refractivity contribution is -0.122. The average molecular weight is 452 g/mol. The maximum atomic E-state index is 11.8. The minimum absolute atomic E-state index is 0.0481. The molecule has 0 aliphatic heterocycles. The van der Waals surface area contributed by atoms with E-state index in [9.17, 15) is 10.1 Å². The summed E-state index contributed by atoms with van der Waals surface area (Å²) in [5.41, 5.74) is 3.23. The van der Waals surface area contributed by atoms with E-state index in [1.165, 1.54) is 0 Å². The zero-order valence-corrected chi connectivity index (χ0v) is 18.1. The molecule has 0 bridgehead atoms. The van der Waals surface area contributed by atoms with E-state index < -0.39 is 0 Å². The van der Waals surface area contributed by atoms with Gasteiger partial charge in [0, 0.05) is 27.1 Å². The summed E-state index contributed by atoms with van der Waals surface area (Å²) in [6, 6.07) is 18.6. The summed E-state index contributed by atoms with van der Waals surface area (Å²) in [7, 11) is 0. The van der Waals surface area contributed by atoms with Crippen molar-refractivity contribution in [2.45, 2.75) is 12.8 Å². The molecule has 156 valence electrons. The second kappa shape index (κ2) is 9.38. The Labute approximate surface area is 190 Å². The van der Waals surface area contributed by atoms with E-state index in [-0.39, 0.29) is 24.3 Å². The standard InChI is InChI=1S/C24H19Cl2N3O2/c25-18-9-7-15(8-10-18)20-13-17(14-27)24(31-12-11-28-23(30)16-5-6-16)29-22(20)19-3-1-2-4-21(19)26/h1-4,7-10,13,16H,5-6,11-12H2,(H,28,30). The lowest BCUT2D eigenvalue weighted by atomic mass is 9.98. The van der Waals surface area contributed by atoms with Crippen LogP contribution >= 0.6 is 23.2 Å². The summed E-state index contributed by atoms with van der Waals surface area (Å²) in [6.45, 7) is 0.560. The van der Waals surface area contributed by atoms with Crippen molar-refractivity contribution in [1.29, 1.82) is 5.26 Å². The molecule has 1 aliphatic carbocycles. The summed E-state index contributed by atoms with van der Waals surface area (Å²) < 4.78 is 5.78. The van der Waals surface area contributed by atoms with Crippen molar-refractivity contribution in [3.63, 3.8) is 0 Å². The second-order valence-electron chi connectivity index (χ2n) is 7.25. The predicted molar refractivity (Wildman–Crippen MR) is 121 cm³/mol. The first-order chi connectivity index (χ1) is 15.1. The van der Waals surface area contributed by atoms with Gasteiger partial charge in [0.1, 0.15) is 18.2 Å². The fraction of sp³-hybridized carbons (Fsp3) is 0.208. The van der Waals surface area contributed by atoms with Crippen LogP contribution in [0.1, 0.15) is 18.4 Å². The van der Waals surface area contributed by atoms with Crippen LogP contribution in [0.25, 0.3) is 22.4 Å². The van der Waals surface area contributed by atoms with Crippen molar-refractivity contribution in [2.24, 2.45) is 5.92 Å². The number of carbonyl (C=O) groups is 1. The van der Waals surface area contributed by atoms with Crippen molar-refractivity contribution in [3.8, 4) is 34.3 Å².